The SMILES string of the molecule is Cc1cc(S(=O)(=O)NCC(Nc2ccccc2)c2ccccc2)c(C)o1. The minimum Gasteiger partial charge on any atom is -0.465 e. The molecule has 0 fully saturated rings. The van der Waals surface area contributed by atoms with Crippen molar-refractivity contribution in [2.75, 3.05) is 11.9 Å². The Hall–Kier alpha value is -2.57. The molecule has 0 aliphatic rings. The van der Waals surface area contributed by atoms with Crippen LogP contribution in [-0.4, -0.2) is 15.0 Å². The van der Waals surface area contributed by atoms with Crippen LogP contribution in [0.15, 0.2) is 76.0 Å². The number of anilines is 1. The first-order valence-electron chi connectivity index (χ1n) is 8.39. The van der Waals surface area contributed by atoms with Gasteiger partial charge in [-0.05, 0) is 37.6 Å². The van der Waals surface area contributed by atoms with Crippen molar-refractivity contribution in [1.29, 1.82) is 0 Å². The largest absolute Gasteiger partial charge is 0.465 e. The van der Waals surface area contributed by atoms with Crippen molar-refractivity contribution in [3.63, 3.8) is 0 Å². The topological polar surface area (TPSA) is 71.3 Å². The van der Waals surface area contributed by atoms with E-state index in [0.29, 0.717) is 11.5 Å². The van der Waals surface area contributed by atoms with Crippen molar-refractivity contribution in [1.82, 2.24) is 4.72 Å². The summed E-state index contributed by atoms with van der Waals surface area (Å²) in [7, 11) is -3.65. The first-order chi connectivity index (χ1) is 12.5. The van der Waals surface area contributed by atoms with Crippen LogP contribution in [0, 0.1) is 13.8 Å². The lowest BCUT2D eigenvalue weighted by Crippen LogP contribution is -2.31. The van der Waals surface area contributed by atoms with Gasteiger partial charge >= 0.3 is 0 Å². The third kappa shape index (κ3) is 4.33. The number of aryl methyl sites for hydroxylation is 2. The zero-order chi connectivity index (χ0) is 18.6. The molecular formula is C20H22N2O3S. The van der Waals surface area contributed by atoms with Gasteiger partial charge in [-0.15, -0.1) is 0 Å². The number of furan rings is 1. The summed E-state index contributed by atoms with van der Waals surface area (Å²) in [4.78, 5) is 0.182. The van der Waals surface area contributed by atoms with Gasteiger partial charge in [-0.1, -0.05) is 48.5 Å². The molecule has 0 spiro atoms. The lowest BCUT2D eigenvalue weighted by Gasteiger charge is -2.21. The van der Waals surface area contributed by atoms with Crippen LogP contribution in [0.1, 0.15) is 23.1 Å². The number of hydrogen-bond donors (Lipinski definition) is 2. The maximum atomic E-state index is 12.7. The van der Waals surface area contributed by atoms with Crippen molar-refractivity contribution in [2.45, 2.75) is 24.8 Å². The van der Waals surface area contributed by atoms with Gasteiger partial charge in [-0.25, -0.2) is 13.1 Å². The van der Waals surface area contributed by atoms with E-state index in [4.69, 9.17) is 4.42 Å². The molecule has 3 rings (SSSR count). The van der Waals surface area contributed by atoms with Gasteiger partial charge in [0.05, 0.1) is 6.04 Å². The molecule has 6 heteroatoms. The van der Waals surface area contributed by atoms with E-state index in [1.807, 2.05) is 60.7 Å². The summed E-state index contributed by atoms with van der Waals surface area (Å²) < 4.78 is 33.4. The van der Waals surface area contributed by atoms with Gasteiger partial charge < -0.3 is 9.73 Å². The predicted octanol–water partition coefficient (Wildman–Crippen LogP) is 4.03. The molecule has 0 saturated heterocycles. The molecule has 0 bridgehead atoms. The fourth-order valence-electron chi connectivity index (χ4n) is 2.82. The Morgan fingerprint density at radius 3 is 2.15 bits per heavy atom. The Labute approximate surface area is 154 Å². The summed E-state index contributed by atoms with van der Waals surface area (Å²) >= 11 is 0. The Kier molecular flexibility index (Phi) is 5.44. The van der Waals surface area contributed by atoms with Crippen molar-refractivity contribution < 1.29 is 12.8 Å². The molecule has 1 unspecified atom stereocenters. The highest BCUT2D eigenvalue weighted by Crippen LogP contribution is 2.22. The lowest BCUT2D eigenvalue weighted by molar-refractivity contribution is 0.495. The van der Waals surface area contributed by atoms with Gasteiger partial charge in [0.1, 0.15) is 16.4 Å². The van der Waals surface area contributed by atoms with E-state index in [1.54, 1.807) is 19.9 Å². The van der Waals surface area contributed by atoms with Gasteiger partial charge in [-0.3, -0.25) is 0 Å². The second kappa shape index (κ2) is 7.76. The van der Waals surface area contributed by atoms with Gasteiger partial charge in [0.25, 0.3) is 0 Å². The Morgan fingerprint density at radius 1 is 0.962 bits per heavy atom. The van der Waals surface area contributed by atoms with Crippen molar-refractivity contribution in [3.8, 4) is 0 Å². The average molecular weight is 370 g/mol. The fourth-order valence-corrected chi connectivity index (χ4v) is 4.10. The van der Waals surface area contributed by atoms with Gasteiger partial charge in [0.2, 0.25) is 10.0 Å². The minimum absolute atomic E-state index is 0.182. The van der Waals surface area contributed by atoms with E-state index in [0.717, 1.165) is 11.3 Å². The molecule has 3 aromatic rings. The van der Waals surface area contributed by atoms with Crippen molar-refractivity contribution in [2.24, 2.45) is 0 Å². The molecular weight excluding hydrogens is 348 g/mol. The highest BCUT2D eigenvalue weighted by atomic mass is 32.2. The van der Waals surface area contributed by atoms with Crippen LogP contribution in [0.3, 0.4) is 0 Å². The third-order valence-corrected chi connectivity index (χ3v) is 5.61. The van der Waals surface area contributed by atoms with E-state index in [-0.39, 0.29) is 17.5 Å². The molecule has 1 heterocycles. The third-order valence-electron chi connectivity index (χ3n) is 4.08. The summed E-state index contributed by atoms with van der Waals surface area (Å²) in [5, 5.41) is 3.39. The Bertz CT molecular complexity index is 951. The molecule has 0 radical (unpaired) electrons. The molecule has 2 aromatic carbocycles. The second-order valence-corrected chi connectivity index (χ2v) is 7.84. The van der Waals surface area contributed by atoms with E-state index in [1.165, 1.54) is 0 Å². The number of rotatable bonds is 7. The zero-order valence-corrected chi connectivity index (χ0v) is 15.6. The highest BCUT2D eigenvalue weighted by molar-refractivity contribution is 7.89. The van der Waals surface area contributed by atoms with Crippen LogP contribution in [0.4, 0.5) is 5.69 Å². The van der Waals surface area contributed by atoms with Crippen molar-refractivity contribution >= 4 is 15.7 Å². The molecule has 0 saturated carbocycles. The number of nitrogens with one attached hydrogen (secondary N) is 2. The first kappa shape index (κ1) is 18.2. The van der Waals surface area contributed by atoms with Crippen molar-refractivity contribution in [3.05, 3.63) is 83.8 Å². The molecule has 1 aromatic heterocycles. The maximum absolute atomic E-state index is 12.7. The van der Waals surface area contributed by atoms with Crippen LogP contribution in [0.25, 0.3) is 0 Å². The van der Waals surface area contributed by atoms with E-state index in [9.17, 15) is 8.42 Å². The monoisotopic (exact) mass is 370 g/mol. The van der Waals surface area contributed by atoms with Crippen LogP contribution in [-0.2, 0) is 10.0 Å². The fraction of sp³-hybridized carbons (Fsp3) is 0.200. The number of sulfonamides is 1. The van der Waals surface area contributed by atoms with Gasteiger partial charge in [0.15, 0.2) is 0 Å². The summed E-state index contributed by atoms with van der Waals surface area (Å²) in [5.74, 6) is 0.965. The molecule has 5 nitrogen and oxygen atoms in total. The Balaban J connectivity index is 1.81. The van der Waals surface area contributed by atoms with E-state index >= 15 is 0 Å². The van der Waals surface area contributed by atoms with Crippen LogP contribution < -0.4 is 10.0 Å². The highest BCUT2D eigenvalue weighted by Gasteiger charge is 2.22. The summed E-state index contributed by atoms with van der Waals surface area (Å²) in [6.07, 6.45) is 0. The van der Waals surface area contributed by atoms with Gasteiger partial charge in [-0.2, -0.15) is 0 Å². The van der Waals surface area contributed by atoms with E-state index in [2.05, 4.69) is 10.0 Å². The lowest BCUT2D eigenvalue weighted by atomic mass is 10.1. The second-order valence-electron chi connectivity index (χ2n) is 6.10. The molecule has 136 valence electrons. The van der Waals surface area contributed by atoms with Crippen LogP contribution >= 0.6 is 0 Å². The molecule has 2 N–H and O–H groups in total. The first-order valence-corrected chi connectivity index (χ1v) is 9.87. The number of para-hydroxylation sites is 1. The average Bonchev–Trinajstić information content (AvgIpc) is 2.99. The number of hydrogen-bond acceptors (Lipinski definition) is 4. The standard InChI is InChI=1S/C20H22N2O3S/c1-15-13-20(16(2)25-15)26(23,24)21-14-19(17-9-5-3-6-10-17)22-18-11-7-4-8-12-18/h3-13,19,21-22H,14H2,1-2H3. The zero-order valence-electron chi connectivity index (χ0n) is 14.8. The van der Waals surface area contributed by atoms with Gasteiger partial charge in [0, 0.05) is 12.2 Å². The van der Waals surface area contributed by atoms with Crippen LogP contribution in [0.5, 0.6) is 0 Å². The molecule has 1 atom stereocenters. The van der Waals surface area contributed by atoms with E-state index < -0.39 is 10.0 Å². The number of benzene rings is 2. The molecule has 0 aliphatic heterocycles. The normalized spacial score (nSPS) is 12.7. The quantitative estimate of drug-likeness (QED) is 0.659. The minimum atomic E-state index is -3.65. The molecule has 0 aliphatic carbocycles. The summed E-state index contributed by atoms with van der Waals surface area (Å²) in [6.45, 7) is 3.60. The predicted molar refractivity (Wildman–Crippen MR) is 103 cm³/mol. The van der Waals surface area contributed by atoms with Crippen LogP contribution in [0.2, 0.25) is 0 Å². The molecule has 0 amide bonds. The maximum Gasteiger partial charge on any atom is 0.244 e. The summed E-state index contributed by atoms with van der Waals surface area (Å²) in [5.41, 5.74) is 1.93. The summed E-state index contributed by atoms with van der Waals surface area (Å²) in [6, 6.07) is 20.8. The smallest absolute Gasteiger partial charge is 0.244 e. The molecule has 26 heavy (non-hydrogen) atoms. The Morgan fingerprint density at radius 2 is 1.58 bits per heavy atom.